The number of halogens is 1. The Morgan fingerprint density at radius 1 is 1.32 bits per heavy atom. The highest BCUT2D eigenvalue weighted by Gasteiger charge is 2.10. The molecule has 4 heteroatoms. The number of aryl methyl sites for hydroxylation is 1. The smallest absolute Gasteiger partial charge is 0.0428 e. The molecule has 100 valence electrons. The van der Waals surface area contributed by atoms with Crippen molar-refractivity contribution in [3.05, 3.63) is 58.9 Å². The molecule has 1 aromatic heterocycles. The van der Waals surface area contributed by atoms with Gasteiger partial charge in [0, 0.05) is 33.6 Å². The van der Waals surface area contributed by atoms with Crippen LogP contribution in [0.1, 0.15) is 17.3 Å². The van der Waals surface area contributed by atoms with E-state index < -0.39 is 0 Å². The summed E-state index contributed by atoms with van der Waals surface area (Å²) in [4.78, 5) is 5.53. The number of hydrogen-bond acceptors (Lipinski definition) is 3. The van der Waals surface area contributed by atoms with Gasteiger partial charge in [0.05, 0.1) is 0 Å². The molecule has 1 atom stereocenters. The summed E-state index contributed by atoms with van der Waals surface area (Å²) < 4.78 is 0. The van der Waals surface area contributed by atoms with Crippen LogP contribution in [0.3, 0.4) is 0 Å². The van der Waals surface area contributed by atoms with Crippen molar-refractivity contribution in [3.8, 4) is 0 Å². The largest absolute Gasteiger partial charge is 0.312 e. The van der Waals surface area contributed by atoms with Crippen molar-refractivity contribution in [2.45, 2.75) is 17.9 Å². The van der Waals surface area contributed by atoms with Gasteiger partial charge in [-0.1, -0.05) is 23.7 Å². The third-order valence-electron chi connectivity index (χ3n) is 2.90. The van der Waals surface area contributed by atoms with Crippen molar-refractivity contribution >= 4 is 23.4 Å². The number of thioether (sulfide) groups is 1. The van der Waals surface area contributed by atoms with Gasteiger partial charge in [-0.25, -0.2) is 0 Å². The monoisotopic (exact) mass is 292 g/mol. The Balaban J connectivity index is 2.01. The molecule has 0 radical (unpaired) electrons. The Bertz CT molecular complexity index is 528. The first-order valence-electron chi connectivity index (χ1n) is 6.17. The van der Waals surface area contributed by atoms with E-state index in [0.29, 0.717) is 0 Å². The third kappa shape index (κ3) is 4.23. The lowest BCUT2D eigenvalue weighted by Gasteiger charge is -2.16. The van der Waals surface area contributed by atoms with Crippen LogP contribution in [0.5, 0.6) is 0 Å². The molecule has 0 spiro atoms. The highest BCUT2D eigenvalue weighted by atomic mass is 35.5. The van der Waals surface area contributed by atoms with Crippen LogP contribution < -0.4 is 5.32 Å². The van der Waals surface area contributed by atoms with E-state index in [1.54, 1.807) is 11.8 Å². The van der Waals surface area contributed by atoms with Crippen LogP contribution in [0, 0.1) is 6.92 Å². The SMILES string of the molecule is CNC(CSc1cccc(Cl)c1)c1ccc(C)nc1. The molecule has 1 heterocycles. The molecule has 1 N–H and O–H groups in total. The second kappa shape index (κ2) is 6.94. The molecular weight excluding hydrogens is 276 g/mol. The fourth-order valence-corrected chi connectivity index (χ4v) is 3.13. The average molecular weight is 293 g/mol. The lowest BCUT2D eigenvalue weighted by molar-refractivity contribution is 0.658. The minimum atomic E-state index is 0.289. The lowest BCUT2D eigenvalue weighted by atomic mass is 10.1. The second-order valence-corrected chi connectivity index (χ2v) is 5.87. The van der Waals surface area contributed by atoms with Crippen LogP contribution in [0.15, 0.2) is 47.5 Å². The number of nitrogens with zero attached hydrogens (tertiary/aromatic N) is 1. The number of aromatic nitrogens is 1. The van der Waals surface area contributed by atoms with Crippen molar-refractivity contribution in [1.82, 2.24) is 10.3 Å². The molecule has 0 amide bonds. The van der Waals surface area contributed by atoms with Crippen LogP contribution in [0.25, 0.3) is 0 Å². The zero-order chi connectivity index (χ0) is 13.7. The number of hydrogen-bond donors (Lipinski definition) is 1. The van der Waals surface area contributed by atoms with E-state index in [2.05, 4.69) is 22.4 Å². The Hall–Kier alpha value is -1.03. The van der Waals surface area contributed by atoms with Gasteiger partial charge in [-0.05, 0) is 43.8 Å². The maximum atomic E-state index is 5.99. The number of pyridine rings is 1. The summed E-state index contributed by atoms with van der Waals surface area (Å²) in [6.45, 7) is 2.00. The zero-order valence-corrected chi connectivity index (χ0v) is 12.6. The summed E-state index contributed by atoms with van der Waals surface area (Å²) in [5.41, 5.74) is 2.25. The molecule has 2 nitrogen and oxygen atoms in total. The minimum Gasteiger partial charge on any atom is -0.312 e. The Morgan fingerprint density at radius 2 is 2.16 bits per heavy atom. The summed E-state index contributed by atoms with van der Waals surface area (Å²) in [5, 5.41) is 4.11. The van der Waals surface area contributed by atoms with Crippen LogP contribution in [-0.2, 0) is 0 Å². The Labute approximate surface area is 123 Å². The normalized spacial score (nSPS) is 12.4. The maximum absolute atomic E-state index is 5.99. The standard InChI is InChI=1S/C15H17ClN2S/c1-11-6-7-12(9-18-11)15(17-2)10-19-14-5-3-4-13(16)8-14/h3-9,15,17H,10H2,1-2H3. The number of benzene rings is 1. The summed E-state index contributed by atoms with van der Waals surface area (Å²) in [5.74, 6) is 0.946. The van der Waals surface area contributed by atoms with E-state index in [1.165, 1.54) is 10.5 Å². The van der Waals surface area contributed by atoms with Gasteiger partial charge in [0.15, 0.2) is 0 Å². The molecule has 19 heavy (non-hydrogen) atoms. The molecule has 0 fully saturated rings. The Kier molecular flexibility index (Phi) is 5.25. The minimum absolute atomic E-state index is 0.289. The van der Waals surface area contributed by atoms with Crippen LogP contribution in [0.2, 0.25) is 5.02 Å². The first-order chi connectivity index (χ1) is 9.19. The fraction of sp³-hybridized carbons (Fsp3) is 0.267. The summed E-state index contributed by atoms with van der Waals surface area (Å²) in [6.07, 6.45) is 1.94. The molecule has 2 rings (SSSR count). The van der Waals surface area contributed by atoms with Crippen molar-refractivity contribution in [3.63, 3.8) is 0 Å². The predicted molar refractivity (Wildman–Crippen MR) is 83.0 cm³/mol. The lowest BCUT2D eigenvalue weighted by Crippen LogP contribution is -2.18. The highest BCUT2D eigenvalue weighted by molar-refractivity contribution is 7.99. The molecule has 1 unspecified atom stereocenters. The Morgan fingerprint density at radius 3 is 2.79 bits per heavy atom. The van der Waals surface area contributed by atoms with E-state index >= 15 is 0 Å². The van der Waals surface area contributed by atoms with E-state index in [1.807, 2.05) is 44.4 Å². The molecule has 0 saturated heterocycles. The van der Waals surface area contributed by atoms with Gasteiger partial charge in [0.25, 0.3) is 0 Å². The van der Waals surface area contributed by atoms with E-state index in [0.717, 1.165) is 16.5 Å². The van der Waals surface area contributed by atoms with Crippen molar-refractivity contribution in [2.75, 3.05) is 12.8 Å². The quantitative estimate of drug-likeness (QED) is 0.840. The summed E-state index contributed by atoms with van der Waals surface area (Å²) >= 11 is 7.78. The molecule has 2 aromatic rings. The molecule has 0 aliphatic heterocycles. The first-order valence-corrected chi connectivity index (χ1v) is 7.53. The van der Waals surface area contributed by atoms with Gasteiger partial charge < -0.3 is 5.32 Å². The maximum Gasteiger partial charge on any atom is 0.0428 e. The fourth-order valence-electron chi connectivity index (χ4n) is 1.77. The van der Waals surface area contributed by atoms with Crippen LogP contribution in [-0.4, -0.2) is 17.8 Å². The molecule has 0 bridgehead atoms. The molecule has 0 aliphatic rings. The molecule has 1 aromatic carbocycles. The molecular formula is C15H17ClN2S. The predicted octanol–water partition coefficient (Wildman–Crippen LogP) is 4.10. The van der Waals surface area contributed by atoms with Crippen LogP contribution in [0.4, 0.5) is 0 Å². The number of rotatable bonds is 5. The van der Waals surface area contributed by atoms with Crippen molar-refractivity contribution in [2.24, 2.45) is 0 Å². The third-order valence-corrected chi connectivity index (χ3v) is 4.22. The zero-order valence-electron chi connectivity index (χ0n) is 11.1. The topological polar surface area (TPSA) is 24.9 Å². The van der Waals surface area contributed by atoms with Gasteiger partial charge in [-0.2, -0.15) is 0 Å². The average Bonchev–Trinajstić information content (AvgIpc) is 2.41. The van der Waals surface area contributed by atoms with Gasteiger partial charge in [0.2, 0.25) is 0 Å². The first kappa shape index (κ1) is 14.4. The second-order valence-electron chi connectivity index (χ2n) is 4.34. The van der Waals surface area contributed by atoms with Gasteiger partial charge in [0.1, 0.15) is 0 Å². The van der Waals surface area contributed by atoms with Crippen LogP contribution >= 0.6 is 23.4 Å². The van der Waals surface area contributed by atoms with E-state index in [-0.39, 0.29) is 6.04 Å². The van der Waals surface area contributed by atoms with Crippen molar-refractivity contribution in [1.29, 1.82) is 0 Å². The van der Waals surface area contributed by atoms with E-state index in [9.17, 15) is 0 Å². The molecule has 0 aliphatic carbocycles. The van der Waals surface area contributed by atoms with Crippen molar-refractivity contribution < 1.29 is 0 Å². The van der Waals surface area contributed by atoms with E-state index in [4.69, 9.17) is 11.6 Å². The van der Waals surface area contributed by atoms with Gasteiger partial charge >= 0.3 is 0 Å². The van der Waals surface area contributed by atoms with Gasteiger partial charge in [-0.15, -0.1) is 11.8 Å². The highest BCUT2D eigenvalue weighted by Crippen LogP contribution is 2.26. The number of nitrogens with one attached hydrogen (secondary N) is 1. The van der Waals surface area contributed by atoms with Gasteiger partial charge in [-0.3, -0.25) is 4.98 Å². The summed E-state index contributed by atoms with van der Waals surface area (Å²) in [6, 6.07) is 12.4. The molecule has 0 saturated carbocycles. The summed E-state index contributed by atoms with van der Waals surface area (Å²) in [7, 11) is 1.98.